The van der Waals surface area contributed by atoms with Crippen LogP contribution in [0.15, 0.2) is 60.0 Å². The Morgan fingerprint density at radius 3 is 2.74 bits per heavy atom. The molecule has 9 nitrogen and oxygen atoms in total. The fraction of sp³-hybridized carbons (Fsp3) is 0.280. The first kappa shape index (κ1) is 22.7. The van der Waals surface area contributed by atoms with E-state index in [0.29, 0.717) is 22.7 Å². The van der Waals surface area contributed by atoms with Gasteiger partial charge in [0.05, 0.1) is 43.3 Å². The Labute approximate surface area is 200 Å². The molecule has 1 aliphatic rings. The van der Waals surface area contributed by atoms with Gasteiger partial charge in [0, 0.05) is 35.6 Å². The number of rotatable bonds is 8. The van der Waals surface area contributed by atoms with Gasteiger partial charge in [-0.15, -0.1) is 0 Å². The molecule has 1 aromatic carbocycles. The largest absolute Gasteiger partial charge is 0.494 e. The SMILES string of the molecule is COc1cc(Nc2cc(C3CC3)nn([C@@H](CO)c3cncc(F)c3)c2=O)ccc1-n1cnc(C)c1. The molecule has 0 bridgehead atoms. The number of nitrogens with one attached hydrogen (secondary N) is 1. The van der Waals surface area contributed by atoms with Gasteiger partial charge in [-0.25, -0.2) is 14.1 Å². The van der Waals surface area contributed by atoms with E-state index >= 15 is 0 Å². The fourth-order valence-electron chi connectivity index (χ4n) is 4.02. The van der Waals surface area contributed by atoms with Crippen LogP contribution in [-0.2, 0) is 0 Å². The van der Waals surface area contributed by atoms with Gasteiger partial charge in [0.2, 0.25) is 0 Å². The van der Waals surface area contributed by atoms with Crippen molar-refractivity contribution in [2.24, 2.45) is 0 Å². The number of halogens is 1. The molecule has 0 saturated heterocycles. The molecule has 1 fully saturated rings. The Morgan fingerprint density at radius 2 is 2.09 bits per heavy atom. The van der Waals surface area contributed by atoms with Crippen LogP contribution in [0.2, 0.25) is 0 Å². The number of aromatic nitrogens is 5. The van der Waals surface area contributed by atoms with E-state index in [4.69, 9.17) is 4.74 Å². The van der Waals surface area contributed by atoms with Gasteiger partial charge in [-0.1, -0.05) is 0 Å². The fourth-order valence-corrected chi connectivity index (χ4v) is 4.02. The van der Waals surface area contributed by atoms with Crippen LogP contribution >= 0.6 is 0 Å². The van der Waals surface area contributed by atoms with Crippen molar-refractivity contribution in [1.82, 2.24) is 24.3 Å². The molecule has 0 spiro atoms. The highest BCUT2D eigenvalue weighted by Gasteiger charge is 2.28. The number of nitrogens with zero attached hydrogens (tertiary/aromatic N) is 5. The molecule has 10 heteroatoms. The molecule has 0 amide bonds. The molecule has 0 unspecified atom stereocenters. The summed E-state index contributed by atoms with van der Waals surface area (Å²) in [6.45, 7) is 1.48. The van der Waals surface area contributed by atoms with Crippen LogP contribution in [0.5, 0.6) is 5.75 Å². The molecule has 2 N–H and O–H groups in total. The molecule has 3 heterocycles. The third-order valence-corrected chi connectivity index (χ3v) is 5.98. The van der Waals surface area contributed by atoms with Gasteiger partial charge in [-0.05, 0) is 44.0 Å². The topological polar surface area (TPSA) is 107 Å². The van der Waals surface area contributed by atoms with E-state index in [9.17, 15) is 14.3 Å². The predicted octanol–water partition coefficient (Wildman–Crippen LogP) is 3.48. The average Bonchev–Trinajstić information content (AvgIpc) is 3.62. The van der Waals surface area contributed by atoms with Crippen LogP contribution in [0, 0.1) is 12.7 Å². The zero-order valence-electron chi connectivity index (χ0n) is 19.3. The summed E-state index contributed by atoms with van der Waals surface area (Å²) in [6, 6.07) is 7.64. The zero-order chi connectivity index (χ0) is 24.5. The van der Waals surface area contributed by atoms with E-state index in [1.165, 1.54) is 16.9 Å². The first-order chi connectivity index (χ1) is 17.0. The smallest absolute Gasteiger partial charge is 0.291 e. The average molecular weight is 477 g/mol. The number of aliphatic hydroxyl groups is 1. The minimum atomic E-state index is -0.869. The van der Waals surface area contributed by atoms with E-state index in [1.807, 2.05) is 29.8 Å². The first-order valence-electron chi connectivity index (χ1n) is 11.3. The lowest BCUT2D eigenvalue weighted by molar-refractivity contribution is 0.236. The molecule has 35 heavy (non-hydrogen) atoms. The van der Waals surface area contributed by atoms with Crippen molar-refractivity contribution in [3.05, 3.63) is 88.4 Å². The van der Waals surface area contributed by atoms with Crippen LogP contribution < -0.4 is 15.6 Å². The van der Waals surface area contributed by atoms with Crippen LogP contribution in [0.3, 0.4) is 0 Å². The van der Waals surface area contributed by atoms with Crippen molar-refractivity contribution < 1.29 is 14.2 Å². The Balaban J connectivity index is 1.54. The van der Waals surface area contributed by atoms with Gasteiger partial charge in [0.25, 0.3) is 5.56 Å². The number of ether oxygens (including phenoxy) is 1. The quantitative estimate of drug-likeness (QED) is 0.401. The van der Waals surface area contributed by atoms with E-state index in [2.05, 4.69) is 20.4 Å². The number of imidazole rings is 1. The normalized spacial score (nSPS) is 14.1. The zero-order valence-corrected chi connectivity index (χ0v) is 19.3. The summed E-state index contributed by atoms with van der Waals surface area (Å²) in [6.07, 6.45) is 8.05. The third kappa shape index (κ3) is 4.65. The molecule has 0 radical (unpaired) electrons. The molecule has 3 aromatic heterocycles. The molecular formula is C25H25FN6O3. The highest BCUT2D eigenvalue weighted by atomic mass is 19.1. The maximum Gasteiger partial charge on any atom is 0.291 e. The molecule has 4 aromatic rings. The molecule has 5 rings (SSSR count). The van der Waals surface area contributed by atoms with Crippen molar-refractivity contribution in [1.29, 1.82) is 0 Å². The Hall–Kier alpha value is -4.05. The summed E-state index contributed by atoms with van der Waals surface area (Å²) in [5, 5.41) is 17.8. The van der Waals surface area contributed by atoms with E-state index in [-0.39, 0.29) is 5.92 Å². The summed E-state index contributed by atoms with van der Waals surface area (Å²) >= 11 is 0. The van der Waals surface area contributed by atoms with E-state index in [0.717, 1.165) is 36.1 Å². The van der Waals surface area contributed by atoms with Gasteiger partial charge in [0.15, 0.2) is 0 Å². The van der Waals surface area contributed by atoms with Crippen molar-refractivity contribution in [2.75, 3.05) is 19.0 Å². The number of methoxy groups -OCH3 is 1. The Bertz CT molecular complexity index is 1430. The lowest BCUT2D eigenvalue weighted by Gasteiger charge is -2.19. The van der Waals surface area contributed by atoms with Gasteiger partial charge in [-0.2, -0.15) is 5.10 Å². The second kappa shape index (κ2) is 9.30. The van der Waals surface area contributed by atoms with E-state index < -0.39 is 24.0 Å². The molecule has 1 aliphatic carbocycles. The lowest BCUT2D eigenvalue weighted by Crippen LogP contribution is -2.32. The summed E-state index contributed by atoms with van der Waals surface area (Å²) < 4.78 is 22.5. The van der Waals surface area contributed by atoms with Crippen molar-refractivity contribution in [3.63, 3.8) is 0 Å². The first-order valence-corrected chi connectivity index (χ1v) is 11.3. The maximum absolute atomic E-state index is 13.8. The number of benzene rings is 1. The third-order valence-electron chi connectivity index (χ3n) is 5.98. The highest BCUT2D eigenvalue weighted by molar-refractivity contribution is 5.65. The maximum atomic E-state index is 13.8. The van der Waals surface area contributed by atoms with Crippen molar-refractivity contribution in [3.8, 4) is 11.4 Å². The lowest BCUT2D eigenvalue weighted by atomic mass is 10.1. The number of aryl methyl sites for hydroxylation is 1. The number of anilines is 2. The number of hydrogen-bond donors (Lipinski definition) is 2. The molecule has 1 atom stereocenters. The van der Waals surface area contributed by atoms with Crippen molar-refractivity contribution >= 4 is 11.4 Å². The summed E-state index contributed by atoms with van der Waals surface area (Å²) in [4.78, 5) is 21.6. The van der Waals surface area contributed by atoms with Gasteiger partial charge in [-0.3, -0.25) is 9.78 Å². The molecule has 0 aliphatic heterocycles. The van der Waals surface area contributed by atoms with E-state index in [1.54, 1.807) is 25.6 Å². The van der Waals surface area contributed by atoms with Gasteiger partial charge in [0.1, 0.15) is 23.3 Å². The molecule has 180 valence electrons. The monoisotopic (exact) mass is 476 g/mol. The molecule has 1 saturated carbocycles. The second-order valence-corrected chi connectivity index (χ2v) is 8.58. The minimum absolute atomic E-state index is 0.244. The van der Waals surface area contributed by atoms with Crippen LogP contribution in [0.1, 0.15) is 41.8 Å². The van der Waals surface area contributed by atoms with Crippen LogP contribution in [-0.4, -0.2) is 43.1 Å². The predicted molar refractivity (Wildman–Crippen MR) is 128 cm³/mol. The standard InChI is InChI=1S/C25H25FN6O3/c1-15-12-31(14-28-15)22-6-5-19(8-24(22)35-2)29-21-9-20(16-3-4-16)30-32(25(21)34)23(13-33)17-7-18(26)11-27-10-17/h5-12,14,16,23,29,33H,3-4,13H2,1-2H3/t23-/m0/s1. The van der Waals surface area contributed by atoms with Crippen molar-refractivity contribution in [2.45, 2.75) is 31.7 Å². The van der Waals surface area contributed by atoms with Crippen LogP contribution in [0.25, 0.3) is 5.69 Å². The number of pyridine rings is 1. The Kier molecular flexibility index (Phi) is 6.04. The minimum Gasteiger partial charge on any atom is -0.494 e. The van der Waals surface area contributed by atoms with Gasteiger partial charge < -0.3 is 19.7 Å². The molecular weight excluding hydrogens is 451 g/mol. The van der Waals surface area contributed by atoms with Gasteiger partial charge >= 0.3 is 0 Å². The number of hydrogen-bond acceptors (Lipinski definition) is 7. The summed E-state index contributed by atoms with van der Waals surface area (Å²) in [5.74, 6) is 0.294. The summed E-state index contributed by atoms with van der Waals surface area (Å²) in [5.41, 5.74) is 3.31. The second-order valence-electron chi connectivity index (χ2n) is 8.58. The Morgan fingerprint density at radius 1 is 1.26 bits per heavy atom. The van der Waals surface area contributed by atoms with Crippen LogP contribution in [0.4, 0.5) is 15.8 Å². The summed E-state index contributed by atoms with van der Waals surface area (Å²) in [7, 11) is 1.58. The number of aliphatic hydroxyl groups excluding tert-OH is 1. The highest BCUT2D eigenvalue weighted by Crippen LogP contribution is 2.39.